The topological polar surface area (TPSA) is 106 Å². The lowest BCUT2D eigenvalue weighted by atomic mass is 10.0. The van der Waals surface area contributed by atoms with Gasteiger partial charge in [-0.3, -0.25) is 19.6 Å². The summed E-state index contributed by atoms with van der Waals surface area (Å²) in [7, 11) is 0. The van der Waals surface area contributed by atoms with Crippen molar-refractivity contribution in [2.75, 3.05) is 25.1 Å². The van der Waals surface area contributed by atoms with Crippen LogP contribution in [-0.4, -0.2) is 46.5 Å². The minimum Gasteiger partial charge on any atom is -0.381 e. The SMILES string of the molecule is O=C(NCC1CCOCC1)c1ncccc1NC(=O)c1cccc2nccnc12. The standard InChI is InChI=1S/C21H21N5O3/c27-20(15-3-1-4-16-18(15)24-10-9-22-16)26-17-5-2-8-23-19(17)21(28)25-13-14-6-11-29-12-7-14/h1-5,8-10,14H,6-7,11-13H2,(H,25,28)(H,26,27). The van der Waals surface area contributed by atoms with Gasteiger partial charge < -0.3 is 15.4 Å². The fourth-order valence-electron chi connectivity index (χ4n) is 3.32. The number of benzene rings is 1. The third kappa shape index (κ3) is 4.38. The van der Waals surface area contributed by atoms with E-state index in [4.69, 9.17) is 4.74 Å². The van der Waals surface area contributed by atoms with E-state index in [-0.39, 0.29) is 17.5 Å². The van der Waals surface area contributed by atoms with Crippen LogP contribution >= 0.6 is 0 Å². The third-order valence-corrected chi connectivity index (χ3v) is 4.91. The summed E-state index contributed by atoms with van der Waals surface area (Å²) in [5.74, 6) is -0.295. The number of ether oxygens (including phenoxy) is 1. The van der Waals surface area contributed by atoms with Gasteiger partial charge in [-0.15, -0.1) is 0 Å². The molecule has 8 nitrogen and oxygen atoms in total. The highest BCUT2D eigenvalue weighted by Crippen LogP contribution is 2.19. The number of nitrogens with one attached hydrogen (secondary N) is 2. The normalized spacial score (nSPS) is 14.5. The first-order valence-electron chi connectivity index (χ1n) is 9.54. The second-order valence-corrected chi connectivity index (χ2v) is 6.85. The van der Waals surface area contributed by atoms with Crippen LogP contribution in [0, 0.1) is 5.92 Å². The van der Waals surface area contributed by atoms with E-state index in [0.29, 0.717) is 34.7 Å². The van der Waals surface area contributed by atoms with E-state index in [1.165, 1.54) is 6.20 Å². The van der Waals surface area contributed by atoms with Crippen molar-refractivity contribution in [3.8, 4) is 0 Å². The van der Waals surface area contributed by atoms with E-state index in [0.717, 1.165) is 26.1 Å². The van der Waals surface area contributed by atoms with Crippen molar-refractivity contribution in [3.63, 3.8) is 0 Å². The lowest BCUT2D eigenvalue weighted by molar-refractivity contribution is 0.0642. The molecule has 2 aromatic heterocycles. The Labute approximate surface area is 167 Å². The minimum atomic E-state index is -0.373. The number of anilines is 1. The number of hydrogen-bond acceptors (Lipinski definition) is 6. The van der Waals surface area contributed by atoms with Crippen LogP contribution in [0.4, 0.5) is 5.69 Å². The number of hydrogen-bond donors (Lipinski definition) is 2. The van der Waals surface area contributed by atoms with E-state index in [9.17, 15) is 9.59 Å². The summed E-state index contributed by atoms with van der Waals surface area (Å²) in [5.41, 5.74) is 2.04. The van der Waals surface area contributed by atoms with Gasteiger partial charge >= 0.3 is 0 Å². The number of rotatable bonds is 5. The molecular formula is C21H21N5O3. The molecule has 1 fully saturated rings. The van der Waals surface area contributed by atoms with Crippen LogP contribution in [0.25, 0.3) is 11.0 Å². The van der Waals surface area contributed by atoms with Gasteiger partial charge in [0.2, 0.25) is 0 Å². The number of pyridine rings is 1. The summed E-state index contributed by atoms with van der Waals surface area (Å²) in [4.78, 5) is 38.2. The zero-order chi connectivity index (χ0) is 20.1. The molecule has 0 aliphatic carbocycles. The van der Waals surface area contributed by atoms with Crippen LogP contribution < -0.4 is 10.6 Å². The zero-order valence-corrected chi connectivity index (χ0v) is 15.8. The van der Waals surface area contributed by atoms with Crippen LogP contribution in [0.15, 0.2) is 48.9 Å². The monoisotopic (exact) mass is 391 g/mol. The minimum absolute atomic E-state index is 0.180. The quantitative estimate of drug-likeness (QED) is 0.692. The second kappa shape index (κ2) is 8.74. The highest BCUT2D eigenvalue weighted by atomic mass is 16.5. The molecule has 1 aliphatic rings. The maximum absolute atomic E-state index is 12.9. The number of carbonyl (C=O) groups excluding carboxylic acids is 2. The molecule has 1 aliphatic heterocycles. The predicted octanol–water partition coefficient (Wildman–Crippen LogP) is 2.43. The van der Waals surface area contributed by atoms with Crippen molar-refractivity contribution in [1.29, 1.82) is 0 Å². The first-order valence-corrected chi connectivity index (χ1v) is 9.54. The lowest BCUT2D eigenvalue weighted by Gasteiger charge is -2.22. The fourth-order valence-corrected chi connectivity index (χ4v) is 3.32. The Kier molecular flexibility index (Phi) is 5.71. The molecule has 2 amide bonds. The van der Waals surface area contributed by atoms with E-state index in [1.54, 1.807) is 42.7 Å². The summed E-state index contributed by atoms with van der Waals surface area (Å²) < 4.78 is 5.34. The van der Waals surface area contributed by atoms with Gasteiger partial charge in [-0.05, 0) is 43.0 Å². The molecule has 29 heavy (non-hydrogen) atoms. The van der Waals surface area contributed by atoms with Crippen molar-refractivity contribution < 1.29 is 14.3 Å². The molecular weight excluding hydrogens is 370 g/mol. The largest absolute Gasteiger partial charge is 0.381 e. The molecule has 4 rings (SSSR count). The van der Waals surface area contributed by atoms with Crippen molar-refractivity contribution in [1.82, 2.24) is 20.3 Å². The van der Waals surface area contributed by atoms with Gasteiger partial charge in [0.05, 0.1) is 16.8 Å². The van der Waals surface area contributed by atoms with Crippen molar-refractivity contribution in [2.24, 2.45) is 5.92 Å². The third-order valence-electron chi connectivity index (χ3n) is 4.91. The first kappa shape index (κ1) is 18.9. The molecule has 0 atom stereocenters. The average Bonchev–Trinajstić information content (AvgIpc) is 2.78. The molecule has 148 valence electrons. The van der Waals surface area contributed by atoms with Crippen molar-refractivity contribution in [2.45, 2.75) is 12.8 Å². The molecule has 3 heterocycles. The van der Waals surface area contributed by atoms with Crippen LogP contribution in [0.3, 0.4) is 0 Å². The van der Waals surface area contributed by atoms with Gasteiger partial charge in [0, 0.05) is 38.3 Å². The lowest BCUT2D eigenvalue weighted by Crippen LogP contribution is -2.33. The zero-order valence-electron chi connectivity index (χ0n) is 15.8. The molecule has 0 radical (unpaired) electrons. The fraction of sp³-hybridized carbons (Fsp3) is 0.286. The Bertz CT molecular complexity index is 1030. The number of nitrogens with zero attached hydrogens (tertiary/aromatic N) is 3. The number of fused-ring (bicyclic) bond motifs is 1. The van der Waals surface area contributed by atoms with Crippen molar-refractivity contribution in [3.05, 3.63) is 60.2 Å². The molecule has 2 N–H and O–H groups in total. The first-order chi connectivity index (χ1) is 14.2. The Morgan fingerprint density at radius 3 is 2.66 bits per heavy atom. The summed E-state index contributed by atoms with van der Waals surface area (Å²) in [5, 5.41) is 5.71. The number of aromatic nitrogens is 3. The molecule has 0 unspecified atom stereocenters. The Hall–Kier alpha value is -3.39. The summed E-state index contributed by atoms with van der Waals surface area (Å²) in [6, 6.07) is 8.54. The molecule has 1 aromatic carbocycles. The smallest absolute Gasteiger partial charge is 0.272 e. The van der Waals surface area contributed by atoms with Crippen molar-refractivity contribution >= 4 is 28.5 Å². The van der Waals surface area contributed by atoms with Gasteiger partial charge in [-0.25, -0.2) is 4.98 Å². The molecule has 3 aromatic rings. The summed E-state index contributed by atoms with van der Waals surface area (Å²) in [6.45, 7) is 2.00. The average molecular weight is 391 g/mol. The molecule has 8 heteroatoms. The molecule has 0 spiro atoms. The second-order valence-electron chi connectivity index (χ2n) is 6.85. The summed E-state index contributed by atoms with van der Waals surface area (Å²) >= 11 is 0. The van der Waals surface area contributed by atoms with Crippen LogP contribution in [0.2, 0.25) is 0 Å². The van der Waals surface area contributed by atoms with Crippen LogP contribution in [0.5, 0.6) is 0 Å². The molecule has 1 saturated heterocycles. The van der Waals surface area contributed by atoms with E-state index < -0.39 is 0 Å². The number of amides is 2. The van der Waals surface area contributed by atoms with Gasteiger partial charge in [-0.1, -0.05) is 6.07 Å². The number of carbonyl (C=O) groups is 2. The highest BCUT2D eigenvalue weighted by molar-refractivity contribution is 6.13. The van der Waals surface area contributed by atoms with E-state index in [2.05, 4.69) is 25.6 Å². The molecule has 0 bridgehead atoms. The Balaban J connectivity index is 1.50. The van der Waals surface area contributed by atoms with Gasteiger partial charge in [0.15, 0.2) is 5.69 Å². The van der Waals surface area contributed by atoms with Gasteiger partial charge in [0.1, 0.15) is 5.52 Å². The Morgan fingerprint density at radius 2 is 1.79 bits per heavy atom. The Morgan fingerprint density at radius 1 is 0.966 bits per heavy atom. The van der Waals surface area contributed by atoms with Crippen LogP contribution in [0.1, 0.15) is 33.7 Å². The highest BCUT2D eigenvalue weighted by Gasteiger charge is 2.19. The van der Waals surface area contributed by atoms with Gasteiger partial charge in [0.25, 0.3) is 11.8 Å². The predicted molar refractivity (Wildman–Crippen MR) is 108 cm³/mol. The summed E-state index contributed by atoms with van der Waals surface area (Å²) in [6.07, 6.45) is 6.50. The maximum Gasteiger partial charge on any atom is 0.272 e. The van der Waals surface area contributed by atoms with Crippen LogP contribution in [-0.2, 0) is 4.74 Å². The maximum atomic E-state index is 12.9. The molecule has 0 saturated carbocycles. The van der Waals surface area contributed by atoms with E-state index in [1.807, 2.05) is 0 Å². The number of para-hydroxylation sites is 1. The van der Waals surface area contributed by atoms with E-state index >= 15 is 0 Å². The van der Waals surface area contributed by atoms with Gasteiger partial charge in [-0.2, -0.15) is 0 Å².